The van der Waals surface area contributed by atoms with Crippen LogP contribution in [0.1, 0.15) is 69.8 Å². The Morgan fingerprint density at radius 1 is 1.06 bits per heavy atom. The molecular formula is C34H43N5O8S. The van der Waals surface area contributed by atoms with Gasteiger partial charge in [0, 0.05) is 55.1 Å². The number of nitrogens with one attached hydrogen (secondary N) is 4. The van der Waals surface area contributed by atoms with Gasteiger partial charge >= 0.3 is 6.09 Å². The van der Waals surface area contributed by atoms with E-state index in [1.165, 1.54) is 6.07 Å². The molecule has 3 heterocycles. The third-order valence-corrected chi connectivity index (χ3v) is 9.07. The average Bonchev–Trinajstić information content (AvgIpc) is 3.38. The van der Waals surface area contributed by atoms with Crippen LogP contribution in [0, 0.1) is 0 Å². The number of sulfonamides is 1. The lowest BCUT2D eigenvalue weighted by Gasteiger charge is -2.44. The Morgan fingerprint density at radius 3 is 2.42 bits per heavy atom. The molecule has 0 radical (unpaired) electrons. The SMILES string of the molecule is CC(C)(C)OC(=O)NC(C)(C)C(=O)NC(Cc1c[nH]c2ccccc12)C(=O)N1CCC2(CC1)CC(=O)c1cc(NS(C)(=O)=O)ccc1O2. The number of anilines is 1. The third kappa shape index (κ3) is 8.09. The summed E-state index contributed by atoms with van der Waals surface area (Å²) in [5.74, 6) is -0.648. The van der Waals surface area contributed by atoms with Crippen molar-refractivity contribution in [2.75, 3.05) is 24.1 Å². The maximum Gasteiger partial charge on any atom is 0.408 e. The minimum Gasteiger partial charge on any atom is -0.486 e. The molecule has 14 heteroatoms. The number of carbonyl (C=O) groups excluding carboxylic acids is 4. The number of fused-ring (bicyclic) bond motifs is 2. The number of hydrogen-bond acceptors (Lipinski definition) is 8. The van der Waals surface area contributed by atoms with E-state index in [0.717, 1.165) is 22.7 Å². The Balaban J connectivity index is 1.31. The first-order valence-electron chi connectivity index (χ1n) is 15.8. The van der Waals surface area contributed by atoms with Gasteiger partial charge in [0.25, 0.3) is 0 Å². The van der Waals surface area contributed by atoms with Crippen LogP contribution in [0.15, 0.2) is 48.7 Å². The molecule has 1 fully saturated rings. The molecule has 5 rings (SSSR count). The number of aromatic amines is 1. The maximum absolute atomic E-state index is 14.1. The lowest BCUT2D eigenvalue weighted by atomic mass is 9.82. The molecule has 1 saturated heterocycles. The quantitative estimate of drug-likeness (QED) is 0.277. The van der Waals surface area contributed by atoms with Crippen LogP contribution in [0.2, 0.25) is 0 Å². The fourth-order valence-electron chi connectivity index (χ4n) is 6.08. The number of Topliss-reactive ketones (excluding diaryl/α,β-unsaturated/α-hetero) is 1. The maximum atomic E-state index is 14.1. The summed E-state index contributed by atoms with van der Waals surface area (Å²) in [5, 5.41) is 6.42. The van der Waals surface area contributed by atoms with Gasteiger partial charge in [-0.05, 0) is 64.4 Å². The molecule has 0 saturated carbocycles. The summed E-state index contributed by atoms with van der Waals surface area (Å²) in [5.41, 5.74) is -0.652. The summed E-state index contributed by atoms with van der Waals surface area (Å²) in [6.07, 6.45) is 3.15. The van der Waals surface area contributed by atoms with E-state index >= 15 is 0 Å². The third-order valence-electron chi connectivity index (χ3n) is 8.46. The fourth-order valence-corrected chi connectivity index (χ4v) is 6.64. The minimum atomic E-state index is -3.52. The van der Waals surface area contributed by atoms with E-state index in [1.54, 1.807) is 51.7 Å². The number of rotatable bonds is 8. The Bertz CT molecular complexity index is 1850. The van der Waals surface area contributed by atoms with Crippen LogP contribution in [-0.4, -0.2) is 84.1 Å². The number of H-pyrrole nitrogens is 1. The molecule has 0 aliphatic carbocycles. The summed E-state index contributed by atoms with van der Waals surface area (Å²) in [4.78, 5) is 58.4. The van der Waals surface area contributed by atoms with Gasteiger partial charge in [0.05, 0.1) is 18.2 Å². The summed E-state index contributed by atoms with van der Waals surface area (Å²) in [6, 6.07) is 11.3. The molecule has 1 atom stereocenters. The number of likely N-dealkylation sites (tertiary alicyclic amines) is 1. The number of hydrogen-bond donors (Lipinski definition) is 4. The lowest BCUT2D eigenvalue weighted by Crippen LogP contribution is -2.61. The van der Waals surface area contributed by atoms with E-state index in [0.29, 0.717) is 24.2 Å². The zero-order chi connectivity index (χ0) is 35.1. The number of nitrogens with zero attached hydrogens (tertiary/aromatic N) is 1. The van der Waals surface area contributed by atoms with Crippen LogP contribution >= 0.6 is 0 Å². The van der Waals surface area contributed by atoms with Gasteiger partial charge in [0.2, 0.25) is 21.8 Å². The zero-order valence-electron chi connectivity index (χ0n) is 28.1. The molecular weight excluding hydrogens is 638 g/mol. The second-order valence-electron chi connectivity index (χ2n) is 14.1. The summed E-state index contributed by atoms with van der Waals surface area (Å²) in [7, 11) is -3.52. The van der Waals surface area contributed by atoms with Crippen molar-refractivity contribution in [1.82, 2.24) is 20.5 Å². The molecule has 1 spiro atoms. The van der Waals surface area contributed by atoms with E-state index in [9.17, 15) is 27.6 Å². The highest BCUT2D eigenvalue weighted by atomic mass is 32.2. The van der Waals surface area contributed by atoms with Gasteiger partial charge < -0.3 is 30.0 Å². The molecule has 0 bridgehead atoms. The van der Waals surface area contributed by atoms with Crippen LogP contribution < -0.4 is 20.1 Å². The lowest BCUT2D eigenvalue weighted by molar-refractivity contribution is -0.140. The van der Waals surface area contributed by atoms with E-state index in [1.807, 2.05) is 30.5 Å². The van der Waals surface area contributed by atoms with Gasteiger partial charge in [-0.2, -0.15) is 0 Å². The van der Waals surface area contributed by atoms with Crippen molar-refractivity contribution in [2.24, 2.45) is 0 Å². The predicted molar refractivity (Wildman–Crippen MR) is 180 cm³/mol. The van der Waals surface area contributed by atoms with E-state index in [2.05, 4.69) is 20.3 Å². The van der Waals surface area contributed by atoms with E-state index in [-0.39, 0.29) is 43.3 Å². The highest BCUT2D eigenvalue weighted by Crippen LogP contribution is 2.40. The largest absolute Gasteiger partial charge is 0.486 e. The number of ether oxygens (including phenoxy) is 2. The number of benzene rings is 2. The second kappa shape index (κ2) is 12.8. The van der Waals surface area contributed by atoms with Crippen molar-refractivity contribution >= 4 is 50.3 Å². The number of alkyl carbamates (subject to hydrolysis) is 1. The van der Waals surface area contributed by atoms with Gasteiger partial charge in [-0.15, -0.1) is 0 Å². The monoisotopic (exact) mass is 681 g/mol. The summed E-state index contributed by atoms with van der Waals surface area (Å²) < 4.78 is 37.4. The second-order valence-corrected chi connectivity index (χ2v) is 15.9. The number of piperidine rings is 1. The molecule has 1 aromatic heterocycles. The molecule has 48 heavy (non-hydrogen) atoms. The van der Waals surface area contributed by atoms with Gasteiger partial charge in [-0.1, -0.05) is 18.2 Å². The average molecular weight is 682 g/mol. The van der Waals surface area contributed by atoms with Crippen molar-refractivity contribution in [2.45, 2.75) is 83.1 Å². The Labute approximate surface area is 280 Å². The van der Waals surface area contributed by atoms with Crippen LogP contribution in [0.3, 0.4) is 0 Å². The topological polar surface area (TPSA) is 176 Å². The molecule has 4 N–H and O–H groups in total. The van der Waals surface area contributed by atoms with Gasteiger partial charge in [0.15, 0.2) is 5.78 Å². The van der Waals surface area contributed by atoms with Crippen LogP contribution in [0.4, 0.5) is 10.5 Å². The number of carbonyl (C=O) groups is 4. The number of aromatic nitrogens is 1. The van der Waals surface area contributed by atoms with Crippen molar-refractivity contribution in [1.29, 1.82) is 0 Å². The molecule has 2 aromatic carbocycles. The van der Waals surface area contributed by atoms with Crippen molar-refractivity contribution in [3.8, 4) is 5.75 Å². The first kappa shape index (κ1) is 34.7. The van der Waals surface area contributed by atoms with Gasteiger partial charge in [-0.3, -0.25) is 19.1 Å². The molecule has 2 aliphatic rings. The number of ketones is 1. The first-order chi connectivity index (χ1) is 22.3. The van der Waals surface area contributed by atoms with Crippen molar-refractivity contribution < 1.29 is 37.1 Å². The van der Waals surface area contributed by atoms with E-state index < -0.39 is 44.8 Å². The van der Waals surface area contributed by atoms with Gasteiger partial charge in [-0.25, -0.2) is 13.2 Å². The van der Waals surface area contributed by atoms with Crippen molar-refractivity contribution in [3.63, 3.8) is 0 Å². The minimum absolute atomic E-state index is 0.0877. The van der Waals surface area contributed by atoms with Crippen molar-refractivity contribution in [3.05, 3.63) is 59.8 Å². The molecule has 258 valence electrons. The highest BCUT2D eigenvalue weighted by molar-refractivity contribution is 7.92. The Kier molecular flexibility index (Phi) is 9.25. The summed E-state index contributed by atoms with van der Waals surface area (Å²) in [6.45, 7) is 8.82. The normalized spacial score (nSPS) is 16.9. The first-order valence-corrected chi connectivity index (χ1v) is 17.7. The predicted octanol–water partition coefficient (Wildman–Crippen LogP) is 3.90. The number of amides is 3. The Morgan fingerprint density at radius 2 is 1.75 bits per heavy atom. The molecule has 1 unspecified atom stereocenters. The molecule has 3 aromatic rings. The smallest absolute Gasteiger partial charge is 0.408 e. The zero-order valence-corrected chi connectivity index (χ0v) is 28.9. The van der Waals surface area contributed by atoms with Crippen LogP contribution in [0.25, 0.3) is 10.9 Å². The molecule has 2 aliphatic heterocycles. The standard InChI is InChI=1S/C34H43N5O8S/c1-32(2,3)47-31(43)37-33(4,5)30(42)36-26(17-21-20-35-25-10-8-7-9-23(21)25)29(41)39-15-13-34(14-16-39)19-27(40)24-18-22(38-48(6,44)45)11-12-28(24)46-34/h7-12,18,20,26,35,38H,13-17,19H2,1-6H3,(H,36,42)(H,37,43). The highest BCUT2D eigenvalue weighted by Gasteiger charge is 2.45. The molecule has 3 amide bonds. The van der Waals surface area contributed by atoms with Crippen LogP contribution in [-0.2, 0) is 30.8 Å². The van der Waals surface area contributed by atoms with Gasteiger partial charge in [0.1, 0.15) is 28.5 Å². The Hall–Kier alpha value is -4.59. The molecule has 13 nitrogen and oxygen atoms in total. The summed E-state index contributed by atoms with van der Waals surface area (Å²) >= 11 is 0. The van der Waals surface area contributed by atoms with E-state index in [4.69, 9.17) is 9.47 Å². The fraction of sp³-hybridized carbons (Fsp3) is 0.471. The van der Waals surface area contributed by atoms with Crippen LogP contribution in [0.5, 0.6) is 5.75 Å². The number of para-hydroxylation sites is 1.